The zero-order valence-corrected chi connectivity index (χ0v) is 11.2. The van der Waals surface area contributed by atoms with E-state index in [0.29, 0.717) is 24.7 Å². The Hall–Kier alpha value is -2.31. The third kappa shape index (κ3) is 2.28. The standard InChI is InChI=1S/C15H14N4O2/c20-11-7-13(17-8-11)15-18-14(19-21-15)10-3-4-12-9(6-10)2-1-5-16-12/h1-6,11,13,17,20H,7-8H2/t11-,13-/m0/s1. The molecule has 0 unspecified atom stereocenters. The molecule has 2 N–H and O–H groups in total. The minimum atomic E-state index is -0.350. The Morgan fingerprint density at radius 1 is 1.29 bits per heavy atom. The summed E-state index contributed by atoms with van der Waals surface area (Å²) in [6.45, 7) is 0.560. The zero-order chi connectivity index (χ0) is 14.2. The van der Waals surface area contributed by atoms with Crippen LogP contribution in [0.3, 0.4) is 0 Å². The van der Waals surface area contributed by atoms with E-state index in [1.165, 1.54) is 0 Å². The Kier molecular flexibility index (Phi) is 2.90. The maximum atomic E-state index is 9.54. The van der Waals surface area contributed by atoms with Gasteiger partial charge in [-0.3, -0.25) is 4.98 Å². The first kappa shape index (κ1) is 12.4. The molecule has 2 atom stereocenters. The first-order valence-electron chi connectivity index (χ1n) is 6.90. The fraction of sp³-hybridized carbons (Fsp3) is 0.267. The molecule has 3 heterocycles. The van der Waals surface area contributed by atoms with E-state index >= 15 is 0 Å². The first-order chi connectivity index (χ1) is 10.3. The van der Waals surface area contributed by atoms with Gasteiger partial charge in [0.25, 0.3) is 0 Å². The molecular weight excluding hydrogens is 268 g/mol. The molecule has 4 rings (SSSR count). The van der Waals surface area contributed by atoms with Crippen LogP contribution in [0, 0.1) is 0 Å². The number of nitrogens with one attached hydrogen (secondary N) is 1. The van der Waals surface area contributed by atoms with Crippen molar-refractivity contribution < 1.29 is 9.63 Å². The Labute approximate surface area is 120 Å². The van der Waals surface area contributed by atoms with Crippen LogP contribution in [0.4, 0.5) is 0 Å². The fourth-order valence-electron chi connectivity index (χ4n) is 2.61. The summed E-state index contributed by atoms with van der Waals surface area (Å²) in [5, 5.41) is 17.8. The molecule has 6 heteroatoms. The number of β-amino-alcohol motifs (C(OH)–C–C–N with tert-alkyl or cyclic N) is 1. The van der Waals surface area contributed by atoms with Crippen LogP contribution in [-0.2, 0) is 0 Å². The van der Waals surface area contributed by atoms with Crippen LogP contribution in [-0.4, -0.2) is 32.9 Å². The van der Waals surface area contributed by atoms with Gasteiger partial charge in [-0.25, -0.2) is 0 Å². The largest absolute Gasteiger partial charge is 0.392 e. The molecule has 0 aliphatic carbocycles. The van der Waals surface area contributed by atoms with Gasteiger partial charge < -0.3 is 14.9 Å². The zero-order valence-electron chi connectivity index (χ0n) is 11.2. The molecule has 0 bridgehead atoms. The van der Waals surface area contributed by atoms with Gasteiger partial charge in [0.2, 0.25) is 11.7 Å². The van der Waals surface area contributed by atoms with Crippen LogP contribution in [0.5, 0.6) is 0 Å². The Bertz CT molecular complexity index is 786. The highest BCUT2D eigenvalue weighted by Gasteiger charge is 2.28. The van der Waals surface area contributed by atoms with Gasteiger partial charge in [-0.15, -0.1) is 0 Å². The molecule has 2 aromatic heterocycles. The quantitative estimate of drug-likeness (QED) is 0.744. The summed E-state index contributed by atoms with van der Waals surface area (Å²) in [5.41, 5.74) is 1.83. The van der Waals surface area contributed by atoms with Crippen LogP contribution in [0.15, 0.2) is 41.1 Å². The number of hydrogen-bond acceptors (Lipinski definition) is 6. The van der Waals surface area contributed by atoms with Crippen molar-refractivity contribution in [1.29, 1.82) is 0 Å². The lowest BCUT2D eigenvalue weighted by atomic mass is 10.1. The molecular formula is C15H14N4O2. The van der Waals surface area contributed by atoms with Gasteiger partial charge in [-0.05, 0) is 30.7 Å². The van der Waals surface area contributed by atoms with Crippen molar-refractivity contribution in [2.75, 3.05) is 6.54 Å². The Morgan fingerprint density at radius 2 is 2.24 bits per heavy atom. The van der Waals surface area contributed by atoms with Crippen molar-refractivity contribution in [2.24, 2.45) is 0 Å². The van der Waals surface area contributed by atoms with Crippen molar-refractivity contribution >= 4 is 10.9 Å². The smallest absolute Gasteiger partial charge is 0.244 e. The second-order valence-corrected chi connectivity index (χ2v) is 5.22. The van der Waals surface area contributed by atoms with E-state index < -0.39 is 0 Å². The van der Waals surface area contributed by atoms with Crippen molar-refractivity contribution in [2.45, 2.75) is 18.6 Å². The molecule has 0 radical (unpaired) electrons. The summed E-state index contributed by atoms with van der Waals surface area (Å²) < 4.78 is 5.31. The number of nitrogens with zero attached hydrogens (tertiary/aromatic N) is 3. The minimum Gasteiger partial charge on any atom is -0.392 e. The average Bonchev–Trinajstić information content (AvgIpc) is 3.15. The highest BCUT2D eigenvalue weighted by molar-refractivity contribution is 5.82. The maximum Gasteiger partial charge on any atom is 0.244 e. The molecule has 0 amide bonds. The van der Waals surface area contributed by atoms with Crippen LogP contribution in [0.1, 0.15) is 18.4 Å². The van der Waals surface area contributed by atoms with E-state index in [2.05, 4.69) is 20.4 Å². The van der Waals surface area contributed by atoms with Gasteiger partial charge in [0.05, 0.1) is 17.7 Å². The van der Waals surface area contributed by atoms with Crippen LogP contribution < -0.4 is 5.32 Å². The van der Waals surface area contributed by atoms with E-state index in [4.69, 9.17) is 4.52 Å². The normalized spacial score (nSPS) is 22.0. The van der Waals surface area contributed by atoms with Crippen molar-refractivity contribution in [3.63, 3.8) is 0 Å². The Balaban J connectivity index is 1.67. The lowest BCUT2D eigenvalue weighted by Gasteiger charge is -2.01. The molecule has 1 saturated heterocycles. The monoisotopic (exact) mass is 282 g/mol. The number of aliphatic hydroxyl groups excluding tert-OH is 1. The molecule has 21 heavy (non-hydrogen) atoms. The lowest BCUT2D eigenvalue weighted by molar-refractivity contribution is 0.191. The average molecular weight is 282 g/mol. The van der Waals surface area contributed by atoms with Gasteiger partial charge in [0, 0.05) is 23.7 Å². The van der Waals surface area contributed by atoms with E-state index in [9.17, 15) is 5.11 Å². The number of aromatic nitrogens is 3. The summed E-state index contributed by atoms with van der Waals surface area (Å²) in [6, 6.07) is 9.70. The van der Waals surface area contributed by atoms with E-state index in [1.54, 1.807) is 6.20 Å². The molecule has 1 aliphatic rings. The topological polar surface area (TPSA) is 84.1 Å². The molecule has 1 aromatic carbocycles. The second kappa shape index (κ2) is 4.91. The number of hydrogen-bond donors (Lipinski definition) is 2. The second-order valence-electron chi connectivity index (χ2n) is 5.22. The predicted molar refractivity (Wildman–Crippen MR) is 76.4 cm³/mol. The number of rotatable bonds is 2. The minimum absolute atomic E-state index is 0.0663. The van der Waals surface area contributed by atoms with Crippen LogP contribution in [0.2, 0.25) is 0 Å². The van der Waals surface area contributed by atoms with Crippen molar-refractivity contribution in [1.82, 2.24) is 20.4 Å². The van der Waals surface area contributed by atoms with Gasteiger partial charge in [0.15, 0.2) is 0 Å². The highest BCUT2D eigenvalue weighted by Crippen LogP contribution is 2.26. The van der Waals surface area contributed by atoms with Gasteiger partial charge >= 0.3 is 0 Å². The van der Waals surface area contributed by atoms with E-state index in [1.807, 2.05) is 30.3 Å². The summed E-state index contributed by atoms with van der Waals surface area (Å²) in [5.74, 6) is 1.08. The summed E-state index contributed by atoms with van der Waals surface area (Å²) >= 11 is 0. The molecule has 1 aliphatic heterocycles. The van der Waals surface area contributed by atoms with Crippen LogP contribution in [0.25, 0.3) is 22.3 Å². The van der Waals surface area contributed by atoms with E-state index in [0.717, 1.165) is 16.5 Å². The number of fused-ring (bicyclic) bond motifs is 1. The molecule has 0 spiro atoms. The number of pyridine rings is 1. The SMILES string of the molecule is O[C@@H]1CN[C@H](c2nc(-c3ccc4ncccc4c3)no2)C1. The van der Waals surface area contributed by atoms with Crippen molar-refractivity contribution in [3.05, 3.63) is 42.4 Å². The highest BCUT2D eigenvalue weighted by atomic mass is 16.5. The summed E-state index contributed by atoms with van der Waals surface area (Å²) in [4.78, 5) is 8.72. The summed E-state index contributed by atoms with van der Waals surface area (Å²) in [7, 11) is 0. The molecule has 3 aromatic rings. The van der Waals surface area contributed by atoms with Crippen molar-refractivity contribution in [3.8, 4) is 11.4 Å². The number of aliphatic hydroxyl groups is 1. The molecule has 0 saturated carbocycles. The summed E-state index contributed by atoms with van der Waals surface area (Å²) in [6.07, 6.45) is 2.02. The molecule has 106 valence electrons. The Morgan fingerprint density at radius 3 is 3.10 bits per heavy atom. The third-order valence-corrected chi connectivity index (χ3v) is 3.71. The first-order valence-corrected chi connectivity index (χ1v) is 6.90. The number of benzene rings is 1. The third-order valence-electron chi connectivity index (χ3n) is 3.71. The van der Waals surface area contributed by atoms with E-state index in [-0.39, 0.29) is 12.1 Å². The lowest BCUT2D eigenvalue weighted by Crippen LogP contribution is -2.15. The van der Waals surface area contributed by atoms with Crippen LogP contribution >= 0.6 is 0 Å². The fourth-order valence-corrected chi connectivity index (χ4v) is 2.61. The van der Waals surface area contributed by atoms with Gasteiger partial charge in [0.1, 0.15) is 0 Å². The maximum absolute atomic E-state index is 9.54. The predicted octanol–water partition coefficient (Wildman–Crippen LogP) is 1.68. The molecule has 6 nitrogen and oxygen atoms in total. The van der Waals surface area contributed by atoms with Gasteiger partial charge in [-0.2, -0.15) is 4.98 Å². The molecule has 1 fully saturated rings. The van der Waals surface area contributed by atoms with Gasteiger partial charge in [-0.1, -0.05) is 11.2 Å².